The molecule has 0 aliphatic carbocycles. The van der Waals surface area contributed by atoms with E-state index in [2.05, 4.69) is 58.0 Å². The van der Waals surface area contributed by atoms with Crippen LogP contribution in [0.5, 0.6) is 23.0 Å². The molecular formula is C72H80N8O13. The standard InChI is InChI=1S/C72H80N8O13/c1-6-72(2,3)52-29-31-54(32-30-52)93-55-20-16-18-51(41-55)68(84)74-44-53(81)19-8-7-9-25-62(70(86)76-47-75-66(82)45-80-37-35-48-17-10-15-26-63(48)80)79-67(83)46-92-40-39-91-38-36-73-69(85)56-21-11-13-23-58(56)77-60-33-27-49(42-64(60)89-4)50-28-34-61(65(43-50)90-5)78-59-24-14-12-22-57(59)71(87)88/h10-18,20-24,26-35,37,41-43,62,77-78H,6-9,19,25,36,38-40,44-47H2,1-5H3,(H,73,85)(H,74,84)(H,75,82)(H,76,86)(H,79,83)(H,87,88). The number of anilines is 4. The van der Waals surface area contributed by atoms with Crippen LogP contribution in [0.3, 0.4) is 0 Å². The molecule has 1 atom stereocenters. The predicted molar refractivity (Wildman–Crippen MR) is 357 cm³/mol. The number of Topliss-reactive ketones (excluding diaryl/α,β-unsaturated/α-hetero) is 1. The zero-order chi connectivity index (χ0) is 66.1. The first-order valence-corrected chi connectivity index (χ1v) is 30.8. The van der Waals surface area contributed by atoms with E-state index in [1.54, 1.807) is 78.4 Å². The van der Waals surface area contributed by atoms with Crippen LogP contribution in [-0.4, -0.2) is 117 Å². The molecule has 0 spiro atoms. The molecule has 21 heteroatoms. The molecule has 1 heterocycles. The molecule has 7 aromatic carbocycles. The van der Waals surface area contributed by atoms with Gasteiger partial charge in [0.1, 0.15) is 42.2 Å². The highest BCUT2D eigenvalue weighted by Crippen LogP contribution is 2.38. The molecule has 1 aromatic heterocycles. The Hall–Kier alpha value is -10.5. The van der Waals surface area contributed by atoms with Crippen LogP contribution in [0, 0.1) is 0 Å². The van der Waals surface area contributed by atoms with E-state index in [0.717, 1.165) is 28.5 Å². The minimum absolute atomic E-state index is 0.0335. The number of carboxylic acids is 1. The summed E-state index contributed by atoms with van der Waals surface area (Å²) in [5.74, 6) is -1.25. The number of fused-ring (bicyclic) bond motifs is 1. The Bertz CT molecular complexity index is 3890. The number of aromatic carboxylic acids is 1. The molecule has 1 unspecified atom stereocenters. The van der Waals surface area contributed by atoms with E-state index >= 15 is 0 Å². The number of hydrogen-bond donors (Lipinski definition) is 8. The van der Waals surface area contributed by atoms with Crippen LogP contribution in [-0.2, 0) is 40.6 Å². The lowest BCUT2D eigenvalue weighted by Gasteiger charge is -2.23. The van der Waals surface area contributed by atoms with Gasteiger partial charge in [0.25, 0.3) is 11.8 Å². The normalized spacial score (nSPS) is 11.4. The Balaban J connectivity index is 0.755. The number of ketones is 1. The van der Waals surface area contributed by atoms with E-state index in [1.165, 1.54) is 18.7 Å². The van der Waals surface area contributed by atoms with Gasteiger partial charge in [-0.3, -0.25) is 28.8 Å². The molecule has 5 amide bonds. The summed E-state index contributed by atoms with van der Waals surface area (Å²) in [5, 5.41) is 30.9. The van der Waals surface area contributed by atoms with Crippen molar-refractivity contribution in [3.05, 3.63) is 192 Å². The van der Waals surface area contributed by atoms with Gasteiger partial charge in [-0.1, -0.05) is 106 Å². The fourth-order valence-corrected chi connectivity index (χ4v) is 10.1. The van der Waals surface area contributed by atoms with E-state index in [1.807, 2.05) is 97.2 Å². The smallest absolute Gasteiger partial charge is 0.337 e. The zero-order valence-corrected chi connectivity index (χ0v) is 52.9. The van der Waals surface area contributed by atoms with E-state index in [4.69, 9.17) is 23.7 Å². The number of unbranched alkanes of at least 4 members (excludes halogenated alkanes) is 2. The monoisotopic (exact) mass is 1260 g/mol. The quantitative estimate of drug-likeness (QED) is 0.0134. The summed E-state index contributed by atoms with van der Waals surface area (Å²) < 4.78 is 30.6. The first kappa shape index (κ1) is 68.4. The van der Waals surface area contributed by atoms with Crippen LogP contribution in [0.1, 0.15) is 95.9 Å². The predicted octanol–water partition coefficient (Wildman–Crippen LogP) is 11.1. The average molecular weight is 1270 g/mol. The number of carbonyl (C=O) groups excluding carboxylic acids is 6. The van der Waals surface area contributed by atoms with Crippen molar-refractivity contribution in [2.75, 3.05) is 71.0 Å². The average Bonchev–Trinajstić information content (AvgIpc) is 1.72. The first-order valence-electron chi connectivity index (χ1n) is 30.8. The third kappa shape index (κ3) is 20.0. The highest BCUT2D eigenvalue weighted by atomic mass is 16.5. The van der Waals surface area contributed by atoms with E-state index < -0.39 is 29.7 Å². The maximum Gasteiger partial charge on any atom is 0.337 e. The van der Waals surface area contributed by atoms with Gasteiger partial charge in [0.2, 0.25) is 17.7 Å². The number of ether oxygens (including phenoxy) is 5. The molecule has 21 nitrogen and oxygen atoms in total. The summed E-state index contributed by atoms with van der Waals surface area (Å²) in [6.07, 6.45) is 4.72. The van der Waals surface area contributed by atoms with Gasteiger partial charge in [-0.15, -0.1) is 0 Å². The Kier molecular flexibility index (Phi) is 25.1. The van der Waals surface area contributed by atoms with Crippen molar-refractivity contribution in [2.24, 2.45) is 0 Å². The summed E-state index contributed by atoms with van der Waals surface area (Å²) in [7, 11) is 3.08. The lowest BCUT2D eigenvalue weighted by atomic mass is 9.82. The second-order valence-electron chi connectivity index (χ2n) is 22.6. The molecule has 8 rings (SSSR count). The largest absolute Gasteiger partial charge is 0.495 e. The fourth-order valence-electron chi connectivity index (χ4n) is 10.1. The van der Waals surface area contributed by atoms with Crippen LogP contribution >= 0.6 is 0 Å². The Morgan fingerprint density at radius 2 is 1.24 bits per heavy atom. The van der Waals surface area contributed by atoms with Crippen molar-refractivity contribution in [3.8, 4) is 34.1 Å². The Labute approximate surface area is 540 Å². The van der Waals surface area contributed by atoms with Crippen molar-refractivity contribution >= 4 is 74.9 Å². The molecule has 0 radical (unpaired) electrons. The van der Waals surface area contributed by atoms with Crippen LogP contribution in [0.15, 0.2) is 170 Å². The van der Waals surface area contributed by atoms with Crippen molar-refractivity contribution < 1.29 is 62.4 Å². The number of para-hydroxylation sites is 3. The molecule has 8 N–H and O–H groups in total. The number of nitrogens with one attached hydrogen (secondary N) is 7. The summed E-state index contributed by atoms with van der Waals surface area (Å²) in [5.41, 5.74) is 6.74. The SMILES string of the molecule is CCC(C)(C)c1ccc(Oc2cccc(C(=O)NCC(=O)CCCCCC(NC(=O)COCCOCCNC(=O)c3ccccc3Nc3ccc(-c4ccc(Nc5ccccc5C(=O)O)c(OC)c4)cc3OC)C(=O)NCNC(=O)Cn3ccc4ccccc43)c2)cc1. The highest BCUT2D eigenvalue weighted by Gasteiger charge is 2.23. The maximum absolute atomic E-state index is 13.5. The Morgan fingerprint density at radius 3 is 1.92 bits per heavy atom. The number of amides is 5. The van der Waals surface area contributed by atoms with Crippen LogP contribution in [0.2, 0.25) is 0 Å². The second-order valence-corrected chi connectivity index (χ2v) is 22.6. The molecule has 486 valence electrons. The zero-order valence-electron chi connectivity index (χ0n) is 52.9. The van der Waals surface area contributed by atoms with Crippen LogP contribution in [0.25, 0.3) is 22.0 Å². The molecule has 0 aliphatic rings. The molecule has 8 aromatic rings. The third-order valence-electron chi connectivity index (χ3n) is 15.7. The van der Waals surface area contributed by atoms with Crippen LogP contribution < -0.4 is 51.4 Å². The summed E-state index contributed by atoms with van der Waals surface area (Å²) in [6.45, 7) is 6.29. The third-order valence-corrected chi connectivity index (χ3v) is 15.7. The second kappa shape index (κ2) is 34.1. The van der Waals surface area contributed by atoms with Gasteiger partial charge >= 0.3 is 5.97 Å². The number of nitrogens with zero attached hydrogens (tertiary/aromatic N) is 1. The molecule has 93 heavy (non-hydrogen) atoms. The Morgan fingerprint density at radius 1 is 0.581 bits per heavy atom. The molecule has 0 saturated heterocycles. The van der Waals surface area contributed by atoms with Gasteiger partial charge in [-0.05, 0) is 138 Å². The highest BCUT2D eigenvalue weighted by molar-refractivity contribution is 6.01. The summed E-state index contributed by atoms with van der Waals surface area (Å²) in [4.78, 5) is 90.9. The molecule has 0 fully saturated rings. The first-order chi connectivity index (χ1) is 45.0. The number of methoxy groups -OCH3 is 2. The van der Waals surface area contributed by atoms with Crippen LogP contribution in [0.4, 0.5) is 22.7 Å². The van der Waals surface area contributed by atoms with Crippen molar-refractivity contribution in [2.45, 2.75) is 77.3 Å². The van der Waals surface area contributed by atoms with Crippen molar-refractivity contribution in [3.63, 3.8) is 0 Å². The van der Waals surface area contributed by atoms with E-state index in [0.29, 0.717) is 76.1 Å². The number of aromatic nitrogens is 1. The van der Waals surface area contributed by atoms with Crippen molar-refractivity contribution in [1.29, 1.82) is 0 Å². The van der Waals surface area contributed by atoms with E-state index in [-0.39, 0.29) is 94.1 Å². The number of benzene rings is 7. The van der Waals surface area contributed by atoms with Crippen molar-refractivity contribution in [1.82, 2.24) is 31.2 Å². The van der Waals surface area contributed by atoms with Gasteiger partial charge in [-0.2, -0.15) is 0 Å². The van der Waals surface area contributed by atoms with Gasteiger partial charge in [0, 0.05) is 30.2 Å². The lowest BCUT2D eigenvalue weighted by molar-refractivity contribution is -0.132. The fraction of sp³-hybridized carbons (Fsp3) is 0.292. The molecular weight excluding hydrogens is 1180 g/mol. The minimum atomic E-state index is -1.06. The molecule has 0 saturated carbocycles. The topological polar surface area (TPSA) is 275 Å². The van der Waals surface area contributed by atoms with E-state index in [9.17, 15) is 38.7 Å². The molecule has 0 aliphatic heterocycles. The van der Waals surface area contributed by atoms with Gasteiger partial charge in [0.05, 0.1) is 81.1 Å². The number of rotatable bonds is 36. The van der Waals surface area contributed by atoms with Gasteiger partial charge in [0.15, 0.2) is 5.78 Å². The summed E-state index contributed by atoms with van der Waals surface area (Å²) >= 11 is 0. The number of carboxylic acid groups (broad SMARTS) is 1. The van der Waals surface area contributed by atoms with Gasteiger partial charge in [-0.25, -0.2) is 4.79 Å². The summed E-state index contributed by atoms with van der Waals surface area (Å²) in [6, 6.07) is 48.0. The number of carbonyl (C=O) groups is 7. The van der Waals surface area contributed by atoms with Gasteiger partial charge < -0.3 is 70.6 Å². The maximum atomic E-state index is 13.5. The number of hydrogen-bond acceptors (Lipinski definition) is 14. The molecule has 0 bridgehead atoms. The minimum Gasteiger partial charge on any atom is -0.495 e. The lowest BCUT2D eigenvalue weighted by Crippen LogP contribution is -2.50.